The van der Waals surface area contributed by atoms with Gasteiger partial charge in [-0.2, -0.15) is 0 Å². The van der Waals surface area contributed by atoms with Gasteiger partial charge in [-0.3, -0.25) is 9.69 Å². The van der Waals surface area contributed by atoms with Crippen molar-refractivity contribution in [2.75, 3.05) is 50.9 Å². The van der Waals surface area contributed by atoms with Gasteiger partial charge in [0, 0.05) is 44.6 Å². The Morgan fingerprint density at radius 1 is 1.25 bits per heavy atom. The van der Waals surface area contributed by atoms with Crippen molar-refractivity contribution in [1.82, 2.24) is 9.80 Å². The Balaban J connectivity index is 1.77. The van der Waals surface area contributed by atoms with Crippen LogP contribution in [0, 0.1) is 0 Å². The standard InChI is InChI=1S/C15H22N4O/c1-16-12-4-3-11-9-14(15(20)17-13(11)10-12)19-7-5-18(2)6-8-19/h3-4,10,14,16H,5-9H2,1-2H3,(H,17,20). The molecule has 2 N–H and O–H groups in total. The number of fused-ring (bicyclic) bond motifs is 1. The molecule has 1 amide bonds. The van der Waals surface area contributed by atoms with Crippen molar-refractivity contribution in [3.63, 3.8) is 0 Å². The molecule has 0 spiro atoms. The number of amides is 1. The number of piperazine rings is 1. The number of rotatable bonds is 2. The first kappa shape index (κ1) is 13.4. The van der Waals surface area contributed by atoms with E-state index >= 15 is 0 Å². The molecule has 0 bridgehead atoms. The SMILES string of the molecule is CNc1ccc2c(c1)NC(=O)C(N1CCN(C)CC1)C2. The lowest BCUT2D eigenvalue weighted by atomic mass is 9.97. The lowest BCUT2D eigenvalue weighted by molar-refractivity contribution is -0.122. The smallest absolute Gasteiger partial charge is 0.242 e. The van der Waals surface area contributed by atoms with Crippen LogP contribution in [0.2, 0.25) is 0 Å². The summed E-state index contributed by atoms with van der Waals surface area (Å²) in [6, 6.07) is 6.17. The number of likely N-dealkylation sites (N-methyl/N-ethyl adjacent to an activating group) is 1. The van der Waals surface area contributed by atoms with Crippen molar-refractivity contribution in [3.05, 3.63) is 23.8 Å². The van der Waals surface area contributed by atoms with E-state index in [1.807, 2.05) is 13.1 Å². The topological polar surface area (TPSA) is 47.6 Å². The van der Waals surface area contributed by atoms with Crippen molar-refractivity contribution in [1.29, 1.82) is 0 Å². The first-order valence-corrected chi connectivity index (χ1v) is 7.21. The van der Waals surface area contributed by atoms with E-state index in [1.54, 1.807) is 0 Å². The predicted octanol–water partition coefficient (Wildman–Crippen LogP) is 0.839. The molecule has 5 heteroatoms. The van der Waals surface area contributed by atoms with Crippen LogP contribution in [0.1, 0.15) is 5.56 Å². The van der Waals surface area contributed by atoms with E-state index in [4.69, 9.17) is 0 Å². The van der Waals surface area contributed by atoms with Gasteiger partial charge in [-0.05, 0) is 31.2 Å². The lowest BCUT2D eigenvalue weighted by Crippen LogP contribution is -2.54. The monoisotopic (exact) mass is 274 g/mol. The summed E-state index contributed by atoms with van der Waals surface area (Å²) < 4.78 is 0. The van der Waals surface area contributed by atoms with E-state index in [0.29, 0.717) is 0 Å². The zero-order valence-electron chi connectivity index (χ0n) is 12.1. The molecule has 20 heavy (non-hydrogen) atoms. The summed E-state index contributed by atoms with van der Waals surface area (Å²) in [5.41, 5.74) is 3.21. The van der Waals surface area contributed by atoms with Crippen LogP contribution in [0.3, 0.4) is 0 Å². The van der Waals surface area contributed by atoms with Gasteiger partial charge in [-0.1, -0.05) is 6.07 Å². The van der Waals surface area contributed by atoms with E-state index in [9.17, 15) is 4.79 Å². The quantitative estimate of drug-likeness (QED) is 0.839. The number of benzene rings is 1. The number of nitrogens with one attached hydrogen (secondary N) is 2. The fourth-order valence-corrected chi connectivity index (χ4v) is 2.97. The Labute approximate surface area is 119 Å². The van der Waals surface area contributed by atoms with E-state index in [0.717, 1.165) is 44.0 Å². The van der Waals surface area contributed by atoms with E-state index in [1.165, 1.54) is 5.56 Å². The minimum atomic E-state index is -0.0170. The van der Waals surface area contributed by atoms with Gasteiger partial charge in [0.2, 0.25) is 5.91 Å². The largest absolute Gasteiger partial charge is 0.388 e. The molecule has 0 aromatic heterocycles. The van der Waals surface area contributed by atoms with Crippen LogP contribution in [-0.2, 0) is 11.2 Å². The maximum atomic E-state index is 12.4. The molecular weight excluding hydrogens is 252 g/mol. The van der Waals surface area contributed by atoms with Gasteiger partial charge in [0.15, 0.2) is 0 Å². The van der Waals surface area contributed by atoms with Crippen LogP contribution in [0.5, 0.6) is 0 Å². The highest BCUT2D eigenvalue weighted by Gasteiger charge is 2.32. The van der Waals surface area contributed by atoms with E-state index in [2.05, 4.69) is 39.6 Å². The van der Waals surface area contributed by atoms with Crippen molar-refractivity contribution in [3.8, 4) is 0 Å². The first-order valence-electron chi connectivity index (χ1n) is 7.21. The van der Waals surface area contributed by atoms with Gasteiger partial charge in [-0.25, -0.2) is 0 Å². The van der Waals surface area contributed by atoms with Crippen LogP contribution in [0.15, 0.2) is 18.2 Å². The van der Waals surface area contributed by atoms with Crippen LogP contribution in [-0.4, -0.2) is 62.0 Å². The number of carbonyl (C=O) groups excluding carboxylic acids is 1. The molecule has 1 aromatic rings. The maximum Gasteiger partial charge on any atom is 0.242 e. The zero-order chi connectivity index (χ0) is 14.1. The Morgan fingerprint density at radius 3 is 2.70 bits per heavy atom. The molecule has 0 radical (unpaired) electrons. The molecule has 1 atom stereocenters. The lowest BCUT2D eigenvalue weighted by Gasteiger charge is -2.39. The second kappa shape index (κ2) is 5.42. The molecule has 1 aromatic carbocycles. The molecule has 3 rings (SSSR count). The second-order valence-electron chi connectivity index (χ2n) is 5.67. The number of hydrogen-bond donors (Lipinski definition) is 2. The fraction of sp³-hybridized carbons (Fsp3) is 0.533. The van der Waals surface area contributed by atoms with Gasteiger partial charge in [0.25, 0.3) is 0 Å². The predicted molar refractivity (Wildman–Crippen MR) is 81.2 cm³/mol. The third-order valence-electron chi connectivity index (χ3n) is 4.35. The Bertz CT molecular complexity index is 509. The molecule has 1 unspecified atom stereocenters. The number of hydrogen-bond acceptors (Lipinski definition) is 4. The molecule has 0 saturated carbocycles. The highest BCUT2D eigenvalue weighted by atomic mass is 16.2. The van der Waals surface area contributed by atoms with Crippen molar-refractivity contribution in [2.45, 2.75) is 12.5 Å². The summed E-state index contributed by atoms with van der Waals surface area (Å²) in [5, 5.41) is 6.16. The molecule has 108 valence electrons. The second-order valence-corrected chi connectivity index (χ2v) is 5.67. The minimum absolute atomic E-state index is 0.0170. The van der Waals surface area contributed by atoms with Crippen LogP contribution in [0.25, 0.3) is 0 Å². The van der Waals surface area contributed by atoms with E-state index in [-0.39, 0.29) is 11.9 Å². The van der Waals surface area contributed by atoms with Crippen molar-refractivity contribution < 1.29 is 4.79 Å². The normalized spacial score (nSPS) is 24.1. The molecule has 2 aliphatic heterocycles. The first-order chi connectivity index (χ1) is 9.67. The fourth-order valence-electron chi connectivity index (χ4n) is 2.97. The Kier molecular flexibility index (Phi) is 3.63. The summed E-state index contributed by atoms with van der Waals surface area (Å²) in [6.45, 7) is 4.02. The van der Waals surface area contributed by atoms with Crippen molar-refractivity contribution in [2.24, 2.45) is 0 Å². The maximum absolute atomic E-state index is 12.4. The summed E-state index contributed by atoms with van der Waals surface area (Å²) in [4.78, 5) is 17.0. The van der Waals surface area contributed by atoms with Gasteiger partial charge in [-0.15, -0.1) is 0 Å². The summed E-state index contributed by atoms with van der Waals surface area (Å²) in [5.74, 6) is 0.135. The molecule has 2 aliphatic rings. The van der Waals surface area contributed by atoms with Gasteiger partial charge in [0.05, 0.1) is 6.04 Å². The number of nitrogens with zero attached hydrogens (tertiary/aromatic N) is 2. The average Bonchev–Trinajstić information content (AvgIpc) is 2.47. The number of anilines is 2. The molecule has 5 nitrogen and oxygen atoms in total. The molecule has 2 heterocycles. The van der Waals surface area contributed by atoms with Crippen LogP contribution < -0.4 is 10.6 Å². The summed E-state index contributed by atoms with van der Waals surface area (Å²) in [7, 11) is 4.02. The van der Waals surface area contributed by atoms with E-state index < -0.39 is 0 Å². The number of carbonyl (C=O) groups is 1. The van der Waals surface area contributed by atoms with Crippen LogP contribution in [0.4, 0.5) is 11.4 Å². The van der Waals surface area contributed by atoms with Gasteiger partial charge in [0.1, 0.15) is 0 Å². The molecular formula is C15H22N4O. The average molecular weight is 274 g/mol. The molecule has 1 saturated heterocycles. The highest BCUT2D eigenvalue weighted by Crippen LogP contribution is 2.28. The Morgan fingerprint density at radius 2 is 2.00 bits per heavy atom. The third-order valence-corrected chi connectivity index (χ3v) is 4.35. The summed E-state index contributed by atoms with van der Waals surface area (Å²) >= 11 is 0. The molecule has 0 aliphatic carbocycles. The summed E-state index contributed by atoms with van der Waals surface area (Å²) in [6.07, 6.45) is 0.814. The van der Waals surface area contributed by atoms with Gasteiger partial charge < -0.3 is 15.5 Å². The third kappa shape index (κ3) is 2.51. The minimum Gasteiger partial charge on any atom is -0.388 e. The van der Waals surface area contributed by atoms with Gasteiger partial charge >= 0.3 is 0 Å². The highest BCUT2D eigenvalue weighted by molar-refractivity contribution is 5.98. The van der Waals surface area contributed by atoms with Crippen LogP contribution >= 0.6 is 0 Å². The Hall–Kier alpha value is -1.59. The zero-order valence-corrected chi connectivity index (χ0v) is 12.1. The van der Waals surface area contributed by atoms with Crippen molar-refractivity contribution >= 4 is 17.3 Å². The molecule has 1 fully saturated rings.